The quantitative estimate of drug-likeness (QED) is 0.0716. The van der Waals surface area contributed by atoms with Crippen LogP contribution in [-0.2, 0) is 28.8 Å². The van der Waals surface area contributed by atoms with Crippen LogP contribution < -0.4 is 26.6 Å². The summed E-state index contributed by atoms with van der Waals surface area (Å²) in [5.41, 5.74) is 0. The van der Waals surface area contributed by atoms with E-state index in [1.54, 1.807) is 0 Å². The lowest BCUT2D eigenvalue weighted by Crippen LogP contribution is -2.36. The molecule has 1 unspecified atom stereocenters. The number of rotatable bonds is 17. The minimum Gasteiger partial charge on any atom is -0.481 e. The Labute approximate surface area is 282 Å². The molecule has 5 saturated heterocycles. The van der Waals surface area contributed by atoms with E-state index in [0.29, 0.717) is 36.4 Å². The molecule has 0 saturated carbocycles. The summed E-state index contributed by atoms with van der Waals surface area (Å²) >= 11 is 3.71. The van der Waals surface area contributed by atoms with E-state index in [-0.39, 0.29) is 73.7 Å². The number of amides is 5. The van der Waals surface area contributed by atoms with Gasteiger partial charge in [-0.25, -0.2) is 14.4 Å². The molecule has 5 heterocycles. The first-order valence-electron chi connectivity index (χ1n) is 16.5. The Bertz CT molecular complexity index is 1170. The van der Waals surface area contributed by atoms with E-state index in [0.717, 1.165) is 56.5 Å². The van der Waals surface area contributed by atoms with Crippen LogP contribution in [-0.4, -0.2) is 117 Å². The third-order valence-electron chi connectivity index (χ3n) is 8.77. The standard InChI is InChI=1S/C20H30N4O6S.C10H16N2O3S/c25-13(7-8-15(26)19(28)30-24-9-3-4-10-24)11-21-17(27)6-2-1-5-16-18-14(12-31-16)22-20(29)23-18;13-8(14)4-2-1-3-7-9-6(5-16-7)11-10(15)12-9/h14,16,18H,1-12H2,(H,21,27)(H2,22,23,29);6-7,9H,1-5H2,(H,13,14)(H2,11,12,15)/t14-,16?,18-;6-,7-,9-/m00/s1. The third-order valence-corrected chi connectivity index (χ3v) is 11.8. The summed E-state index contributed by atoms with van der Waals surface area (Å²) in [7, 11) is 0. The molecule has 5 rings (SSSR count). The van der Waals surface area contributed by atoms with Crippen molar-refractivity contribution in [3.05, 3.63) is 0 Å². The van der Waals surface area contributed by atoms with Crippen LogP contribution in [0.2, 0.25) is 0 Å². The maximum Gasteiger partial charge on any atom is 0.393 e. The van der Waals surface area contributed by atoms with Gasteiger partial charge < -0.3 is 36.5 Å². The maximum absolute atomic E-state index is 11.9. The van der Waals surface area contributed by atoms with Crippen molar-refractivity contribution < 1.29 is 43.5 Å². The lowest BCUT2D eigenvalue weighted by molar-refractivity contribution is -0.187. The fourth-order valence-electron chi connectivity index (χ4n) is 6.22. The van der Waals surface area contributed by atoms with Gasteiger partial charge in [0.2, 0.25) is 11.7 Å². The van der Waals surface area contributed by atoms with Gasteiger partial charge in [0.05, 0.1) is 30.7 Å². The Morgan fingerprint density at radius 3 is 1.87 bits per heavy atom. The van der Waals surface area contributed by atoms with Gasteiger partial charge >= 0.3 is 24.0 Å². The Morgan fingerprint density at radius 2 is 1.32 bits per heavy atom. The van der Waals surface area contributed by atoms with Crippen LogP contribution >= 0.6 is 23.5 Å². The predicted octanol–water partition coefficient (Wildman–Crippen LogP) is 1.10. The number of unbranched alkanes of at least 4 members (excludes halogenated alkanes) is 2. The van der Waals surface area contributed by atoms with Crippen molar-refractivity contribution in [1.82, 2.24) is 31.6 Å². The van der Waals surface area contributed by atoms with E-state index in [2.05, 4.69) is 26.6 Å². The topological polar surface area (TPSA) is 212 Å². The molecular weight excluding hydrogens is 652 g/mol. The number of carbonyl (C=O) groups excluding carboxylic acids is 6. The summed E-state index contributed by atoms with van der Waals surface area (Å²) in [6.07, 6.45) is 7.24. The van der Waals surface area contributed by atoms with Gasteiger partial charge in [0, 0.05) is 60.8 Å². The summed E-state index contributed by atoms with van der Waals surface area (Å²) in [5, 5.41) is 25.0. The number of aliphatic carboxylic acids is 1. The van der Waals surface area contributed by atoms with Crippen LogP contribution in [0, 0.1) is 0 Å². The van der Waals surface area contributed by atoms with Gasteiger partial charge in [0.25, 0.3) is 0 Å². The number of urea groups is 2. The van der Waals surface area contributed by atoms with E-state index in [1.807, 2.05) is 23.5 Å². The number of fused-ring (bicyclic) bond motifs is 2. The highest BCUT2D eigenvalue weighted by Crippen LogP contribution is 2.34. The Kier molecular flexibility index (Phi) is 14.5. The van der Waals surface area contributed by atoms with Gasteiger partial charge in [-0.05, 0) is 38.5 Å². The number of Topliss-reactive ketones (excluding diaryl/α,β-unsaturated/α-hetero) is 2. The lowest BCUT2D eigenvalue weighted by atomic mass is 10.0. The van der Waals surface area contributed by atoms with Gasteiger partial charge in [-0.1, -0.05) is 12.8 Å². The van der Waals surface area contributed by atoms with Crippen molar-refractivity contribution in [2.45, 2.75) is 112 Å². The number of hydroxylamine groups is 2. The molecule has 0 aromatic carbocycles. The highest BCUT2D eigenvalue weighted by Gasteiger charge is 2.43. The Morgan fingerprint density at radius 1 is 0.766 bits per heavy atom. The van der Waals surface area contributed by atoms with Gasteiger partial charge in [0.1, 0.15) is 0 Å². The fraction of sp³-hybridized carbons (Fsp3) is 0.767. The summed E-state index contributed by atoms with van der Waals surface area (Å²) in [6, 6.07) is 0.703. The first kappa shape index (κ1) is 36.8. The SMILES string of the molecule is O=C(CCC(=O)C(=O)ON1CCCC1)CNC(=O)CCCCC1SC[C@@H]2NC(=O)N[C@H]12.O=C(O)CCCC[C@@H]1SC[C@@H]2NC(=O)N[C@@H]21. The number of nitrogens with zero attached hydrogens (tertiary/aromatic N) is 1. The van der Waals surface area contributed by atoms with Crippen LogP contribution in [0.5, 0.6) is 0 Å². The molecule has 5 amide bonds. The second-order valence-corrected chi connectivity index (χ2v) is 14.9. The van der Waals surface area contributed by atoms with Crippen molar-refractivity contribution in [3.63, 3.8) is 0 Å². The first-order chi connectivity index (χ1) is 22.6. The summed E-state index contributed by atoms with van der Waals surface area (Å²) in [6.45, 7) is 1.10. The van der Waals surface area contributed by atoms with E-state index < -0.39 is 17.7 Å². The van der Waals surface area contributed by atoms with Crippen LogP contribution in [0.4, 0.5) is 9.59 Å². The van der Waals surface area contributed by atoms with Gasteiger partial charge in [0.15, 0.2) is 5.78 Å². The van der Waals surface area contributed by atoms with Crippen LogP contribution in [0.3, 0.4) is 0 Å². The molecule has 0 aromatic heterocycles. The second kappa shape index (κ2) is 18.5. The minimum absolute atomic E-state index is 0.0640. The average molecular weight is 699 g/mol. The zero-order valence-electron chi connectivity index (χ0n) is 26.5. The molecular formula is C30H46N6O9S2. The number of carbonyl (C=O) groups is 7. The Balaban J connectivity index is 0.000000261. The molecule has 0 spiro atoms. The molecule has 0 radical (unpaired) electrons. The number of ketones is 2. The summed E-state index contributed by atoms with van der Waals surface area (Å²) in [4.78, 5) is 85.1. The third kappa shape index (κ3) is 11.9. The van der Waals surface area contributed by atoms with Crippen LogP contribution in [0.1, 0.15) is 77.0 Å². The average Bonchev–Trinajstić information content (AvgIpc) is 3.86. The van der Waals surface area contributed by atoms with Crippen LogP contribution in [0.25, 0.3) is 0 Å². The highest BCUT2D eigenvalue weighted by atomic mass is 32.2. The summed E-state index contributed by atoms with van der Waals surface area (Å²) in [5.74, 6) is -1.02. The monoisotopic (exact) mass is 698 g/mol. The van der Waals surface area contributed by atoms with Crippen molar-refractivity contribution in [2.75, 3.05) is 31.1 Å². The maximum atomic E-state index is 11.9. The van der Waals surface area contributed by atoms with E-state index in [4.69, 9.17) is 9.94 Å². The molecule has 17 heteroatoms. The molecule has 0 aliphatic carbocycles. The van der Waals surface area contributed by atoms with Gasteiger partial charge in [-0.15, -0.1) is 5.06 Å². The van der Waals surface area contributed by atoms with Crippen molar-refractivity contribution in [2.24, 2.45) is 0 Å². The molecule has 5 fully saturated rings. The van der Waals surface area contributed by atoms with E-state index >= 15 is 0 Å². The minimum atomic E-state index is -0.932. The number of thioether (sulfide) groups is 2. The molecule has 0 aromatic rings. The predicted molar refractivity (Wildman–Crippen MR) is 175 cm³/mol. The van der Waals surface area contributed by atoms with Crippen molar-refractivity contribution in [1.29, 1.82) is 0 Å². The molecule has 6 N–H and O–H groups in total. The van der Waals surface area contributed by atoms with E-state index in [1.165, 1.54) is 5.06 Å². The largest absolute Gasteiger partial charge is 0.481 e. The summed E-state index contributed by atoms with van der Waals surface area (Å²) < 4.78 is 0. The molecule has 47 heavy (non-hydrogen) atoms. The normalized spacial score (nSPS) is 27.3. The van der Waals surface area contributed by atoms with Gasteiger partial charge in [-0.3, -0.25) is 19.2 Å². The molecule has 5 aliphatic rings. The number of carboxylic acid groups (broad SMARTS) is 1. The van der Waals surface area contributed by atoms with Crippen molar-refractivity contribution in [3.8, 4) is 0 Å². The smallest absolute Gasteiger partial charge is 0.393 e. The molecule has 6 atom stereocenters. The Hall–Kier alpha value is -3.05. The highest BCUT2D eigenvalue weighted by molar-refractivity contribution is 8.00. The molecule has 15 nitrogen and oxygen atoms in total. The first-order valence-corrected chi connectivity index (χ1v) is 18.6. The number of nitrogens with one attached hydrogen (secondary N) is 5. The molecule has 262 valence electrons. The fourth-order valence-corrected chi connectivity index (χ4v) is 9.30. The zero-order valence-corrected chi connectivity index (χ0v) is 28.1. The number of hydrogen-bond donors (Lipinski definition) is 6. The molecule has 5 aliphatic heterocycles. The van der Waals surface area contributed by atoms with E-state index in [9.17, 15) is 33.6 Å². The van der Waals surface area contributed by atoms with Gasteiger partial charge in [-0.2, -0.15) is 23.5 Å². The van der Waals surface area contributed by atoms with Crippen molar-refractivity contribution >= 4 is 65.0 Å². The zero-order chi connectivity index (χ0) is 33.8. The lowest BCUT2D eigenvalue weighted by Gasteiger charge is -2.16. The number of carboxylic acids is 1. The second-order valence-electron chi connectivity index (χ2n) is 12.4. The van der Waals surface area contributed by atoms with Crippen LogP contribution in [0.15, 0.2) is 0 Å². The molecule has 0 bridgehead atoms. The number of hydrogen-bond acceptors (Lipinski definition) is 11.